The molecule has 0 atom stereocenters. The minimum Gasteiger partial charge on any atom is -0.380 e. The van der Waals surface area contributed by atoms with Gasteiger partial charge in [0.15, 0.2) is 5.52 Å². The van der Waals surface area contributed by atoms with Crippen molar-refractivity contribution >= 4 is 16.7 Å². The largest absolute Gasteiger partial charge is 0.380 e. The number of fused-ring (bicyclic) bond motifs is 1. The highest BCUT2D eigenvalue weighted by atomic mass is 19.1. The molecule has 1 saturated heterocycles. The second kappa shape index (κ2) is 7.19. The van der Waals surface area contributed by atoms with Crippen LogP contribution < -0.4 is 4.90 Å². The number of hydrogen-bond donors (Lipinski definition) is 1. The second-order valence-corrected chi connectivity index (χ2v) is 7.72. The van der Waals surface area contributed by atoms with Gasteiger partial charge >= 0.3 is 0 Å². The third kappa shape index (κ3) is 3.32. The number of nitrogens with zero attached hydrogens (tertiary/aromatic N) is 3. The maximum Gasteiger partial charge on any atom is 0.158 e. The molecule has 30 heavy (non-hydrogen) atoms. The molecule has 1 N–H and O–H groups in total. The highest BCUT2D eigenvalue weighted by Crippen LogP contribution is 2.35. The summed E-state index contributed by atoms with van der Waals surface area (Å²) >= 11 is 0. The van der Waals surface area contributed by atoms with Gasteiger partial charge in [0.05, 0.1) is 18.9 Å². The van der Waals surface area contributed by atoms with Gasteiger partial charge in [-0.05, 0) is 62.9 Å². The molecule has 6 nitrogen and oxygen atoms in total. The molecule has 2 heterocycles. The zero-order valence-electron chi connectivity index (χ0n) is 16.4. The molecule has 0 amide bonds. The molecule has 0 unspecified atom stereocenters. The fourth-order valence-electron chi connectivity index (χ4n) is 3.73. The van der Waals surface area contributed by atoms with Crippen LogP contribution in [0.25, 0.3) is 22.2 Å². The van der Waals surface area contributed by atoms with E-state index in [1.807, 2.05) is 48.3 Å². The van der Waals surface area contributed by atoms with E-state index in [2.05, 4.69) is 10.3 Å². The number of benzene rings is 3. The molecule has 152 valence electrons. The van der Waals surface area contributed by atoms with Crippen LogP contribution in [0.5, 0.6) is 0 Å². The molecule has 0 radical (unpaired) electrons. The fourth-order valence-corrected chi connectivity index (χ4v) is 3.73. The van der Waals surface area contributed by atoms with Crippen LogP contribution in [0.15, 0.2) is 65.3 Å². The van der Waals surface area contributed by atoms with E-state index in [9.17, 15) is 9.50 Å². The molecule has 0 saturated carbocycles. The Morgan fingerprint density at radius 2 is 1.83 bits per heavy atom. The van der Waals surface area contributed by atoms with Gasteiger partial charge in [-0.25, -0.2) is 9.02 Å². The highest BCUT2D eigenvalue weighted by Gasteiger charge is 2.38. The van der Waals surface area contributed by atoms with Gasteiger partial charge in [-0.1, -0.05) is 30.3 Å². The molecular formula is C23H20FN3O3. The van der Waals surface area contributed by atoms with Crippen molar-refractivity contribution in [1.29, 1.82) is 0 Å². The molecule has 0 bridgehead atoms. The Kier molecular flexibility index (Phi) is 4.49. The Hall–Kier alpha value is -3.29. The van der Waals surface area contributed by atoms with E-state index in [1.54, 1.807) is 12.1 Å². The Morgan fingerprint density at radius 3 is 2.57 bits per heavy atom. The highest BCUT2D eigenvalue weighted by molar-refractivity contribution is 5.92. The van der Waals surface area contributed by atoms with E-state index in [4.69, 9.17) is 9.37 Å². The monoisotopic (exact) mass is 405 g/mol. The van der Waals surface area contributed by atoms with Crippen molar-refractivity contribution in [1.82, 2.24) is 10.3 Å². The maximum absolute atomic E-state index is 13.2. The van der Waals surface area contributed by atoms with Crippen LogP contribution in [-0.4, -0.2) is 35.7 Å². The van der Waals surface area contributed by atoms with Crippen molar-refractivity contribution in [2.45, 2.75) is 12.1 Å². The molecule has 7 heteroatoms. The summed E-state index contributed by atoms with van der Waals surface area (Å²) in [6.45, 7) is 1.17. The van der Waals surface area contributed by atoms with Crippen molar-refractivity contribution in [3.05, 3.63) is 77.6 Å². The lowest BCUT2D eigenvalue weighted by Gasteiger charge is -2.36. The van der Waals surface area contributed by atoms with Crippen LogP contribution in [-0.2, 0) is 16.9 Å². The van der Waals surface area contributed by atoms with Crippen LogP contribution >= 0.6 is 0 Å². The number of aromatic nitrogens is 2. The van der Waals surface area contributed by atoms with Crippen LogP contribution in [0.4, 0.5) is 10.1 Å². The summed E-state index contributed by atoms with van der Waals surface area (Å²) in [7, 11) is 1.95. The molecule has 5 rings (SSSR count). The summed E-state index contributed by atoms with van der Waals surface area (Å²) in [6.07, 6.45) is 0. The van der Waals surface area contributed by atoms with Gasteiger partial charge in [-0.2, -0.15) is 0 Å². The summed E-state index contributed by atoms with van der Waals surface area (Å²) in [5.41, 5.74) is 4.91. The van der Waals surface area contributed by atoms with Gasteiger partial charge in [0.2, 0.25) is 0 Å². The first kappa shape index (κ1) is 18.7. The lowest BCUT2D eigenvalue weighted by atomic mass is 9.89. The van der Waals surface area contributed by atoms with Gasteiger partial charge in [0.25, 0.3) is 0 Å². The fraction of sp³-hybridized carbons (Fsp3) is 0.217. The molecule has 1 aromatic heterocycles. The standard InChI is InChI=1S/C23H20FN3O3/c1-27(12-15-5-7-19(24)8-6-15)21-11-17(10-20-22(21)26-30-25-20)16-3-2-4-18(9-16)23(28)13-29-14-23/h2-11,28H,12-14H2,1H3. The van der Waals surface area contributed by atoms with Crippen molar-refractivity contribution in [3.63, 3.8) is 0 Å². The minimum absolute atomic E-state index is 0.259. The van der Waals surface area contributed by atoms with Gasteiger partial charge in [0, 0.05) is 13.6 Å². The number of rotatable bonds is 5. The molecule has 1 aliphatic heterocycles. The van der Waals surface area contributed by atoms with Crippen molar-refractivity contribution in [2.24, 2.45) is 0 Å². The van der Waals surface area contributed by atoms with Crippen LogP contribution in [0.1, 0.15) is 11.1 Å². The lowest BCUT2D eigenvalue weighted by Crippen LogP contribution is -2.46. The first-order chi connectivity index (χ1) is 14.5. The Labute approximate surface area is 172 Å². The van der Waals surface area contributed by atoms with Gasteiger partial charge in [0.1, 0.15) is 16.9 Å². The minimum atomic E-state index is -0.933. The van der Waals surface area contributed by atoms with Gasteiger partial charge in [-0.3, -0.25) is 0 Å². The summed E-state index contributed by atoms with van der Waals surface area (Å²) in [5.74, 6) is -0.259. The maximum atomic E-state index is 13.2. The van der Waals surface area contributed by atoms with Crippen LogP contribution in [0.3, 0.4) is 0 Å². The first-order valence-electron chi connectivity index (χ1n) is 9.65. The zero-order valence-corrected chi connectivity index (χ0v) is 16.4. The molecule has 0 spiro atoms. The second-order valence-electron chi connectivity index (χ2n) is 7.72. The average Bonchev–Trinajstić information content (AvgIpc) is 3.21. The zero-order chi connectivity index (χ0) is 20.7. The normalized spacial score (nSPS) is 15.2. The Balaban J connectivity index is 1.53. The number of anilines is 1. The molecule has 1 fully saturated rings. The molecule has 4 aromatic rings. The van der Waals surface area contributed by atoms with E-state index >= 15 is 0 Å². The van der Waals surface area contributed by atoms with E-state index in [-0.39, 0.29) is 5.82 Å². The average molecular weight is 405 g/mol. The molecule has 0 aliphatic carbocycles. The number of ether oxygens (including phenoxy) is 1. The van der Waals surface area contributed by atoms with Crippen LogP contribution in [0, 0.1) is 5.82 Å². The van der Waals surface area contributed by atoms with Crippen molar-refractivity contribution in [3.8, 4) is 11.1 Å². The first-order valence-corrected chi connectivity index (χ1v) is 9.65. The van der Waals surface area contributed by atoms with Crippen molar-refractivity contribution in [2.75, 3.05) is 25.2 Å². The number of hydrogen-bond acceptors (Lipinski definition) is 6. The third-order valence-electron chi connectivity index (χ3n) is 5.50. The van der Waals surface area contributed by atoms with Crippen molar-refractivity contribution < 1.29 is 18.9 Å². The Morgan fingerprint density at radius 1 is 1.03 bits per heavy atom. The summed E-state index contributed by atoms with van der Waals surface area (Å²) < 4.78 is 23.4. The molecule has 3 aromatic carbocycles. The lowest BCUT2D eigenvalue weighted by molar-refractivity contribution is -0.184. The SMILES string of the molecule is CN(Cc1ccc(F)cc1)c1cc(-c2cccc(C3(O)COC3)c2)cc2nonc12. The smallest absolute Gasteiger partial charge is 0.158 e. The summed E-state index contributed by atoms with van der Waals surface area (Å²) in [6, 6.07) is 18.2. The summed E-state index contributed by atoms with van der Waals surface area (Å²) in [4.78, 5) is 2.03. The quantitative estimate of drug-likeness (QED) is 0.543. The topological polar surface area (TPSA) is 71.6 Å². The molecular weight excluding hydrogens is 385 g/mol. The summed E-state index contributed by atoms with van der Waals surface area (Å²) in [5, 5.41) is 18.7. The number of aliphatic hydroxyl groups is 1. The van der Waals surface area contributed by atoms with Gasteiger partial charge in [-0.15, -0.1) is 0 Å². The Bertz CT molecular complexity index is 1200. The predicted molar refractivity (Wildman–Crippen MR) is 110 cm³/mol. The molecule has 1 aliphatic rings. The van der Waals surface area contributed by atoms with E-state index < -0.39 is 5.60 Å². The van der Waals surface area contributed by atoms with Crippen LogP contribution in [0.2, 0.25) is 0 Å². The van der Waals surface area contributed by atoms with Gasteiger partial charge < -0.3 is 14.7 Å². The van der Waals surface area contributed by atoms with E-state index in [1.165, 1.54) is 12.1 Å². The predicted octanol–water partition coefficient (Wildman–Crippen LogP) is 3.88. The van der Waals surface area contributed by atoms with E-state index in [0.717, 1.165) is 27.9 Å². The van der Waals surface area contributed by atoms with E-state index in [0.29, 0.717) is 30.8 Å². The number of halogens is 1. The third-order valence-corrected chi connectivity index (χ3v) is 5.50.